The zero-order valence-electron chi connectivity index (χ0n) is 10.9. The van der Waals surface area contributed by atoms with Crippen LogP contribution in [0.25, 0.3) is 0 Å². The van der Waals surface area contributed by atoms with Crippen LogP contribution in [0.5, 0.6) is 0 Å². The van der Waals surface area contributed by atoms with Crippen LogP contribution < -0.4 is 0 Å². The molecular formula is C15H20O3. The lowest BCUT2D eigenvalue weighted by Crippen LogP contribution is -2.25. The van der Waals surface area contributed by atoms with Crippen molar-refractivity contribution in [2.24, 2.45) is 0 Å². The molecule has 3 nitrogen and oxygen atoms in total. The van der Waals surface area contributed by atoms with Gasteiger partial charge in [0.15, 0.2) is 0 Å². The Bertz CT molecular complexity index is 377. The van der Waals surface area contributed by atoms with Gasteiger partial charge in [0, 0.05) is 6.61 Å². The molecule has 1 atom stereocenters. The van der Waals surface area contributed by atoms with Gasteiger partial charge in [-0.3, -0.25) is 0 Å². The van der Waals surface area contributed by atoms with Gasteiger partial charge in [0.25, 0.3) is 0 Å². The van der Waals surface area contributed by atoms with Crippen molar-refractivity contribution in [2.75, 3.05) is 13.2 Å². The van der Waals surface area contributed by atoms with E-state index in [2.05, 4.69) is 6.92 Å². The van der Waals surface area contributed by atoms with Crippen LogP contribution in [-0.2, 0) is 15.9 Å². The van der Waals surface area contributed by atoms with Crippen LogP contribution in [0.4, 0.5) is 0 Å². The summed E-state index contributed by atoms with van der Waals surface area (Å²) in [4.78, 5) is 11.8. The molecule has 1 aliphatic rings. The van der Waals surface area contributed by atoms with Gasteiger partial charge in [-0.15, -0.1) is 0 Å². The van der Waals surface area contributed by atoms with E-state index in [0.29, 0.717) is 12.2 Å². The van der Waals surface area contributed by atoms with Crippen LogP contribution in [0.1, 0.15) is 42.1 Å². The molecule has 0 saturated carbocycles. The summed E-state index contributed by atoms with van der Waals surface area (Å²) in [7, 11) is 0. The van der Waals surface area contributed by atoms with Crippen LogP contribution in [-0.4, -0.2) is 25.3 Å². The van der Waals surface area contributed by atoms with Crippen molar-refractivity contribution in [3.8, 4) is 0 Å². The molecule has 0 spiro atoms. The summed E-state index contributed by atoms with van der Waals surface area (Å²) in [6.45, 7) is 3.25. The fourth-order valence-electron chi connectivity index (χ4n) is 2.07. The maximum Gasteiger partial charge on any atom is 0.338 e. The Kier molecular flexibility index (Phi) is 4.76. The number of hydrogen-bond acceptors (Lipinski definition) is 3. The Balaban J connectivity index is 1.82. The van der Waals surface area contributed by atoms with E-state index in [1.54, 1.807) is 0 Å². The summed E-state index contributed by atoms with van der Waals surface area (Å²) in [5.41, 5.74) is 1.84. The highest BCUT2D eigenvalue weighted by Gasteiger charge is 2.16. The molecule has 2 rings (SSSR count). The number of esters is 1. The lowest BCUT2D eigenvalue weighted by atomic mass is 10.1. The molecule has 1 fully saturated rings. The van der Waals surface area contributed by atoms with Crippen molar-refractivity contribution in [3.05, 3.63) is 35.4 Å². The number of rotatable bonds is 4. The molecule has 1 unspecified atom stereocenters. The van der Waals surface area contributed by atoms with E-state index in [4.69, 9.17) is 9.47 Å². The third kappa shape index (κ3) is 3.57. The Hall–Kier alpha value is -1.35. The van der Waals surface area contributed by atoms with E-state index in [0.717, 1.165) is 32.3 Å². The molecule has 1 aliphatic heterocycles. The smallest absolute Gasteiger partial charge is 0.338 e. The second-order valence-corrected chi connectivity index (χ2v) is 4.64. The van der Waals surface area contributed by atoms with Crippen molar-refractivity contribution in [2.45, 2.75) is 38.7 Å². The molecule has 0 amide bonds. The van der Waals surface area contributed by atoms with Gasteiger partial charge in [-0.05, 0) is 43.4 Å². The lowest BCUT2D eigenvalue weighted by Gasteiger charge is -2.22. The summed E-state index contributed by atoms with van der Waals surface area (Å²) < 4.78 is 10.8. The van der Waals surface area contributed by atoms with E-state index in [-0.39, 0.29) is 12.1 Å². The van der Waals surface area contributed by atoms with Crippen LogP contribution in [0, 0.1) is 0 Å². The normalized spacial score (nSPS) is 19.5. The molecule has 1 aromatic rings. The highest BCUT2D eigenvalue weighted by molar-refractivity contribution is 5.89. The minimum atomic E-state index is -0.258. The molecule has 18 heavy (non-hydrogen) atoms. The van der Waals surface area contributed by atoms with Gasteiger partial charge in [-0.1, -0.05) is 19.1 Å². The predicted molar refractivity (Wildman–Crippen MR) is 69.7 cm³/mol. The Morgan fingerprint density at radius 3 is 2.72 bits per heavy atom. The first-order valence-corrected chi connectivity index (χ1v) is 6.67. The molecule has 1 aromatic carbocycles. The molecule has 1 saturated heterocycles. The van der Waals surface area contributed by atoms with Gasteiger partial charge in [0.1, 0.15) is 6.61 Å². The van der Waals surface area contributed by atoms with Crippen LogP contribution in [0.3, 0.4) is 0 Å². The highest BCUT2D eigenvalue weighted by atomic mass is 16.6. The third-order valence-corrected chi connectivity index (χ3v) is 3.27. The molecule has 0 aliphatic carbocycles. The summed E-state index contributed by atoms with van der Waals surface area (Å²) in [5.74, 6) is -0.258. The van der Waals surface area contributed by atoms with Gasteiger partial charge in [0.05, 0.1) is 11.7 Å². The minimum Gasteiger partial charge on any atom is -0.459 e. The monoisotopic (exact) mass is 248 g/mol. The molecule has 0 aromatic heterocycles. The zero-order chi connectivity index (χ0) is 12.8. The van der Waals surface area contributed by atoms with E-state index in [9.17, 15) is 4.79 Å². The average Bonchev–Trinajstić information content (AvgIpc) is 2.46. The number of ether oxygens (including phenoxy) is 2. The lowest BCUT2D eigenvalue weighted by molar-refractivity contribution is -0.0300. The SMILES string of the molecule is CCc1ccc(C(=O)OCC2CCCCO2)cc1. The van der Waals surface area contributed by atoms with Gasteiger partial charge >= 0.3 is 5.97 Å². The zero-order valence-corrected chi connectivity index (χ0v) is 10.9. The topological polar surface area (TPSA) is 35.5 Å². The predicted octanol–water partition coefficient (Wildman–Crippen LogP) is 2.97. The minimum absolute atomic E-state index is 0.0811. The fraction of sp³-hybridized carbons (Fsp3) is 0.533. The second-order valence-electron chi connectivity index (χ2n) is 4.64. The summed E-state index contributed by atoms with van der Waals surface area (Å²) in [6, 6.07) is 7.58. The third-order valence-electron chi connectivity index (χ3n) is 3.27. The largest absolute Gasteiger partial charge is 0.459 e. The van der Waals surface area contributed by atoms with Gasteiger partial charge in [-0.2, -0.15) is 0 Å². The number of carbonyl (C=O) groups is 1. The van der Waals surface area contributed by atoms with E-state index in [1.807, 2.05) is 24.3 Å². The van der Waals surface area contributed by atoms with E-state index in [1.165, 1.54) is 5.56 Å². The van der Waals surface area contributed by atoms with Gasteiger partial charge < -0.3 is 9.47 Å². The van der Waals surface area contributed by atoms with Crippen molar-refractivity contribution in [3.63, 3.8) is 0 Å². The first-order valence-electron chi connectivity index (χ1n) is 6.67. The Morgan fingerprint density at radius 2 is 2.11 bits per heavy atom. The van der Waals surface area contributed by atoms with Crippen LogP contribution in [0.15, 0.2) is 24.3 Å². The highest BCUT2D eigenvalue weighted by Crippen LogP contribution is 2.14. The van der Waals surface area contributed by atoms with E-state index < -0.39 is 0 Å². The quantitative estimate of drug-likeness (QED) is 0.768. The summed E-state index contributed by atoms with van der Waals surface area (Å²) in [6.07, 6.45) is 4.32. The molecule has 3 heteroatoms. The van der Waals surface area contributed by atoms with Gasteiger partial charge in [-0.25, -0.2) is 4.79 Å². The van der Waals surface area contributed by atoms with Crippen LogP contribution in [0.2, 0.25) is 0 Å². The van der Waals surface area contributed by atoms with Crippen molar-refractivity contribution in [1.29, 1.82) is 0 Å². The molecule has 98 valence electrons. The van der Waals surface area contributed by atoms with E-state index >= 15 is 0 Å². The standard InChI is InChI=1S/C15H20O3/c1-2-12-6-8-13(9-7-12)15(16)18-11-14-5-3-4-10-17-14/h6-9,14H,2-5,10-11H2,1H3. The maximum atomic E-state index is 11.8. The molecule has 1 heterocycles. The number of carbonyl (C=O) groups excluding carboxylic acids is 1. The Labute approximate surface area is 108 Å². The number of aryl methyl sites for hydroxylation is 1. The fourth-order valence-corrected chi connectivity index (χ4v) is 2.07. The first kappa shape index (κ1) is 13.1. The average molecular weight is 248 g/mol. The molecule has 0 bridgehead atoms. The van der Waals surface area contributed by atoms with Crippen molar-refractivity contribution >= 4 is 5.97 Å². The molecule has 0 radical (unpaired) electrons. The van der Waals surface area contributed by atoms with Crippen molar-refractivity contribution in [1.82, 2.24) is 0 Å². The summed E-state index contributed by atoms with van der Waals surface area (Å²) >= 11 is 0. The van der Waals surface area contributed by atoms with Gasteiger partial charge in [0.2, 0.25) is 0 Å². The second kappa shape index (κ2) is 6.55. The van der Waals surface area contributed by atoms with Crippen molar-refractivity contribution < 1.29 is 14.3 Å². The number of benzene rings is 1. The number of hydrogen-bond donors (Lipinski definition) is 0. The van der Waals surface area contributed by atoms with Crippen LogP contribution >= 0.6 is 0 Å². The first-order chi connectivity index (χ1) is 8.79. The molecular weight excluding hydrogens is 228 g/mol. The maximum absolute atomic E-state index is 11.8. The summed E-state index contributed by atoms with van der Waals surface area (Å²) in [5, 5.41) is 0. The Morgan fingerprint density at radius 1 is 1.33 bits per heavy atom. The molecule has 0 N–H and O–H groups in total.